The van der Waals surface area contributed by atoms with Crippen molar-refractivity contribution in [2.75, 3.05) is 27.7 Å². The van der Waals surface area contributed by atoms with Crippen LogP contribution in [0.25, 0.3) is 0 Å². The van der Waals surface area contributed by atoms with Crippen LogP contribution in [0.4, 0.5) is 0 Å². The van der Waals surface area contributed by atoms with E-state index in [1.54, 1.807) is 25.5 Å². The third-order valence-corrected chi connectivity index (χ3v) is 4.78. The van der Waals surface area contributed by atoms with Crippen molar-refractivity contribution in [2.45, 2.75) is 26.3 Å². The van der Waals surface area contributed by atoms with Crippen molar-refractivity contribution in [2.24, 2.45) is 4.99 Å². The number of aryl methyl sites for hydroxylation is 1. The number of hydrogen-bond donors (Lipinski definition) is 1. The van der Waals surface area contributed by atoms with Crippen molar-refractivity contribution in [3.8, 4) is 5.75 Å². The average molecular weight is 474 g/mol. The van der Waals surface area contributed by atoms with Gasteiger partial charge in [-0.3, -0.25) is 4.99 Å². The van der Waals surface area contributed by atoms with Gasteiger partial charge in [0.05, 0.1) is 17.8 Å². The largest absolute Gasteiger partial charge is 0.496 e. The quantitative estimate of drug-likeness (QED) is 0.379. The molecule has 0 saturated carbocycles. The first-order chi connectivity index (χ1) is 11.7. The molecule has 2 rings (SSSR count). The lowest BCUT2D eigenvalue weighted by Gasteiger charge is -2.23. The van der Waals surface area contributed by atoms with E-state index in [2.05, 4.69) is 38.6 Å². The summed E-state index contributed by atoms with van der Waals surface area (Å²) in [6.45, 7) is 3.69. The Balaban J connectivity index is 0.00000312. The molecule has 25 heavy (non-hydrogen) atoms. The molecule has 0 spiro atoms. The van der Waals surface area contributed by atoms with Gasteiger partial charge in [0.25, 0.3) is 0 Å². The Morgan fingerprint density at radius 2 is 2.12 bits per heavy atom. The van der Waals surface area contributed by atoms with Crippen LogP contribution in [0.2, 0.25) is 0 Å². The minimum atomic E-state index is 0. The van der Waals surface area contributed by atoms with Gasteiger partial charge in [0.15, 0.2) is 5.96 Å². The zero-order chi connectivity index (χ0) is 17.4. The minimum absolute atomic E-state index is 0. The molecule has 0 aliphatic carbocycles. The molecule has 1 aromatic carbocycles. The third kappa shape index (κ3) is 6.47. The molecular formula is C18H27IN4OS. The molecule has 138 valence electrons. The second-order valence-electron chi connectivity index (χ2n) is 5.48. The molecule has 5 nitrogen and oxygen atoms in total. The first-order valence-electron chi connectivity index (χ1n) is 8.14. The first kappa shape index (κ1) is 21.7. The lowest BCUT2D eigenvalue weighted by Crippen LogP contribution is -2.39. The van der Waals surface area contributed by atoms with Crippen LogP contribution in [0.3, 0.4) is 0 Å². The number of ether oxygens (including phenoxy) is 1. The molecule has 0 bridgehead atoms. The SMILES string of the molecule is CCc1nc(CCNC(=NC)N(C)Cc2ccccc2OC)cs1.I. The van der Waals surface area contributed by atoms with Gasteiger partial charge in [0.2, 0.25) is 0 Å². The average Bonchev–Trinajstić information content (AvgIpc) is 3.07. The van der Waals surface area contributed by atoms with Crippen molar-refractivity contribution >= 4 is 41.3 Å². The zero-order valence-electron chi connectivity index (χ0n) is 15.3. The number of nitrogens with one attached hydrogen (secondary N) is 1. The van der Waals surface area contributed by atoms with Crippen LogP contribution < -0.4 is 10.1 Å². The second-order valence-corrected chi connectivity index (χ2v) is 6.42. The van der Waals surface area contributed by atoms with E-state index in [1.807, 2.05) is 25.2 Å². The number of methoxy groups -OCH3 is 1. The Labute approximate surface area is 171 Å². The van der Waals surface area contributed by atoms with Gasteiger partial charge in [-0.05, 0) is 12.5 Å². The summed E-state index contributed by atoms with van der Waals surface area (Å²) in [5.74, 6) is 1.77. The summed E-state index contributed by atoms with van der Waals surface area (Å²) in [5.41, 5.74) is 2.28. The smallest absolute Gasteiger partial charge is 0.193 e. The van der Waals surface area contributed by atoms with Gasteiger partial charge >= 0.3 is 0 Å². The molecular weight excluding hydrogens is 447 g/mol. The predicted molar refractivity (Wildman–Crippen MR) is 116 cm³/mol. The van der Waals surface area contributed by atoms with Crippen LogP contribution in [-0.2, 0) is 19.4 Å². The number of guanidine groups is 1. The Morgan fingerprint density at radius 3 is 2.76 bits per heavy atom. The number of nitrogens with zero attached hydrogens (tertiary/aromatic N) is 3. The Bertz CT molecular complexity index is 675. The van der Waals surface area contributed by atoms with E-state index in [9.17, 15) is 0 Å². The highest BCUT2D eigenvalue weighted by Gasteiger charge is 2.10. The van der Waals surface area contributed by atoms with Crippen LogP contribution >= 0.6 is 35.3 Å². The van der Waals surface area contributed by atoms with E-state index in [1.165, 1.54) is 5.01 Å². The maximum atomic E-state index is 5.42. The van der Waals surface area contributed by atoms with Gasteiger partial charge in [-0.2, -0.15) is 0 Å². The highest BCUT2D eigenvalue weighted by Crippen LogP contribution is 2.18. The summed E-state index contributed by atoms with van der Waals surface area (Å²) in [6.07, 6.45) is 1.90. The molecule has 7 heteroatoms. The van der Waals surface area contributed by atoms with Crippen LogP contribution in [-0.4, -0.2) is 43.6 Å². The monoisotopic (exact) mass is 474 g/mol. The summed E-state index contributed by atoms with van der Waals surface area (Å²) in [6, 6.07) is 8.06. The van der Waals surface area contributed by atoms with E-state index in [0.29, 0.717) is 0 Å². The van der Waals surface area contributed by atoms with E-state index in [0.717, 1.165) is 48.9 Å². The van der Waals surface area contributed by atoms with E-state index in [-0.39, 0.29) is 24.0 Å². The van der Waals surface area contributed by atoms with Crippen LogP contribution in [0.15, 0.2) is 34.6 Å². The van der Waals surface area contributed by atoms with Gasteiger partial charge in [-0.25, -0.2) is 4.98 Å². The molecule has 0 aliphatic heterocycles. The highest BCUT2D eigenvalue weighted by molar-refractivity contribution is 14.0. The predicted octanol–water partition coefficient (Wildman–Crippen LogP) is 3.58. The fraction of sp³-hybridized carbons (Fsp3) is 0.444. The maximum absolute atomic E-state index is 5.42. The number of aromatic nitrogens is 1. The first-order valence-corrected chi connectivity index (χ1v) is 9.02. The van der Waals surface area contributed by atoms with Gasteiger partial charge in [-0.15, -0.1) is 35.3 Å². The summed E-state index contributed by atoms with van der Waals surface area (Å²) < 4.78 is 5.42. The molecule has 0 amide bonds. The summed E-state index contributed by atoms with van der Waals surface area (Å²) in [5, 5.41) is 6.74. The number of thiazole rings is 1. The summed E-state index contributed by atoms with van der Waals surface area (Å²) >= 11 is 1.73. The molecule has 1 N–H and O–H groups in total. The van der Waals surface area contributed by atoms with Crippen LogP contribution in [0.1, 0.15) is 23.2 Å². The summed E-state index contributed by atoms with van der Waals surface area (Å²) in [7, 11) is 5.53. The van der Waals surface area contributed by atoms with Crippen molar-refractivity contribution in [3.63, 3.8) is 0 Å². The lowest BCUT2D eigenvalue weighted by molar-refractivity contribution is 0.396. The van der Waals surface area contributed by atoms with Crippen molar-refractivity contribution < 1.29 is 4.74 Å². The molecule has 0 saturated heterocycles. The second kappa shape index (κ2) is 11.3. The van der Waals surface area contributed by atoms with Gasteiger partial charge in [0.1, 0.15) is 5.75 Å². The molecule has 2 aromatic rings. The molecule has 0 radical (unpaired) electrons. The molecule has 0 atom stereocenters. The number of hydrogen-bond acceptors (Lipinski definition) is 4. The number of benzene rings is 1. The molecule has 1 aromatic heterocycles. The van der Waals surface area contributed by atoms with Crippen molar-refractivity contribution in [1.29, 1.82) is 0 Å². The molecule has 0 unspecified atom stereocenters. The van der Waals surface area contributed by atoms with E-state index < -0.39 is 0 Å². The van der Waals surface area contributed by atoms with Crippen molar-refractivity contribution in [3.05, 3.63) is 45.9 Å². The Hall–Kier alpha value is -1.35. The fourth-order valence-corrected chi connectivity index (χ4v) is 3.26. The van der Waals surface area contributed by atoms with Gasteiger partial charge < -0.3 is 15.0 Å². The maximum Gasteiger partial charge on any atom is 0.193 e. The molecule has 0 aliphatic rings. The normalized spacial score (nSPS) is 11.0. The topological polar surface area (TPSA) is 49.8 Å². The Morgan fingerprint density at radius 1 is 1.36 bits per heavy atom. The number of halogens is 1. The van der Waals surface area contributed by atoms with Crippen molar-refractivity contribution in [1.82, 2.24) is 15.2 Å². The van der Waals surface area contributed by atoms with Gasteiger partial charge in [-0.1, -0.05) is 25.1 Å². The van der Waals surface area contributed by atoms with E-state index in [4.69, 9.17) is 4.74 Å². The minimum Gasteiger partial charge on any atom is -0.496 e. The number of para-hydroxylation sites is 1. The van der Waals surface area contributed by atoms with Gasteiger partial charge in [0, 0.05) is 44.5 Å². The zero-order valence-corrected chi connectivity index (χ0v) is 18.4. The number of rotatable bonds is 7. The molecule has 0 fully saturated rings. The highest BCUT2D eigenvalue weighted by atomic mass is 127. The standard InChI is InChI=1S/C18H26N4OS.HI/c1-5-17-21-15(13-24-17)10-11-20-18(19-2)22(3)12-14-8-6-7-9-16(14)23-4;/h6-9,13H,5,10-12H2,1-4H3,(H,19,20);1H. The van der Waals surface area contributed by atoms with E-state index >= 15 is 0 Å². The van der Waals surface area contributed by atoms with Crippen LogP contribution in [0.5, 0.6) is 5.75 Å². The van der Waals surface area contributed by atoms with Crippen LogP contribution in [0, 0.1) is 0 Å². The molecule has 1 heterocycles. The lowest BCUT2D eigenvalue weighted by atomic mass is 10.2. The third-order valence-electron chi connectivity index (χ3n) is 3.74. The Kier molecular flexibility index (Phi) is 9.81. The number of aliphatic imine (C=N–C) groups is 1. The summed E-state index contributed by atoms with van der Waals surface area (Å²) in [4.78, 5) is 11.1. The fourth-order valence-electron chi connectivity index (χ4n) is 2.48.